The summed E-state index contributed by atoms with van der Waals surface area (Å²) in [5, 5.41) is 4.54. The molecule has 1 N–H and O–H groups in total. The minimum atomic E-state index is -0.279. The zero-order chi connectivity index (χ0) is 15.0. The van der Waals surface area contributed by atoms with Crippen LogP contribution in [0.3, 0.4) is 0 Å². The first-order valence-corrected chi connectivity index (χ1v) is 7.66. The van der Waals surface area contributed by atoms with Crippen LogP contribution in [0, 0.1) is 17.3 Å². The van der Waals surface area contributed by atoms with E-state index in [2.05, 4.69) is 30.5 Å². The van der Waals surface area contributed by atoms with Gasteiger partial charge in [-0.3, -0.25) is 4.79 Å². The van der Waals surface area contributed by atoms with Crippen molar-refractivity contribution in [3.63, 3.8) is 0 Å². The van der Waals surface area contributed by atoms with Gasteiger partial charge in [-0.05, 0) is 47.8 Å². The molecule has 0 aliphatic heterocycles. The summed E-state index contributed by atoms with van der Waals surface area (Å²) in [5.41, 5.74) is 4.60. The molecule has 110 valence electrons. The topological polar surface area (TPSA) is 41.5 Å². The van der Waals surface area contributed by atoms with Gasteiger partial charge in [0, 0.05) is 0 Å². The van der Waals surface area contributed by atoms with Gasteiger partial charge in [0.1, 0.15) is 0 Å². The molecule has 3 aliphatic carbocycles. The highest BCUT2D eigenvalue weighted by atomic mass is 35.5. The number of allylic oxidation sites excluding steroid dienone is 2. The van der Waals surface area contributed by atoms with Crippen LogP contribution in [0.4, 0.5) is 0 Å². The van der Waals surface area contributed by atoms with Gasteiger partial charge < -0.3 is 0 Å². The van der Waals surface area contributed by atoms with E-state index in [9.17, 15) is 4.79 Å². The summed E-state index contributed by atoms with van der Waals surface area (Å²) in [6, 6.07) is 6.96. The highest BCUT2D eigenvalue weighted by Crippen LogP contribution is 2.58. The van der Waals surface area contributed by atoms with Crippen molar-refractivity contribution in [1.82, 2.24) is 5.43 Å². The first-order valence-electron chi connectivity index (χ1n) is 7.28. The van der Waals surface area contributed by atoms with E-state index >= 15 is 0 Å². The van der Waals surface area contributed by atoms with Gasteiger partial charge in [-0.25, -0.2) is 5.43 Å². The lowest BCUT2D eigenvalue weighted by atomic mass is 9.49. The minimum Gasteiger partial charge on any atom is -0.267 e. The van der Waals surface area contributed by atoms with Crippen molar-refractivity contribution in [3.05, 3.63) is 46.5 Å². The van der Waals surface area contributed by atoms with Gasteiger partial charge in [-0.2, -0.15) is 5.10 Å². The van der Waals surface area contributed by atoms with Crippen LogP contribution in [0.5, 0.6) is 0 Å². The summed E-state index contributed by atoms with van der Waals surface area (Å²) in [6.45, 7) is 4.63. The molecular formula is C17H19ClN2O. The molecule has 2 atom stereocenters. The van der Waals surface area contributed by atoms with E-state index < -0.39 is 0 Å². The van der Waals surface area contributed by atoms with Crippen molar-refractivity contribution in [1.29, 1.82) is 0 Å². The lowest BCUT2D eigenvalue weighted by Gasteiger charge is -2.55. The van der Waals surface area contributed by atoms with Crippen molar-refractivity contribution < 1.29 is 4.79 Å². The van der Waals surface area contributed by atoms with Crippen LogP contribution in [-0.2, 0) is 0 Å². The van der Waals surface area contributed by atoms with E-state index in [0.717, 1.165) is 12.3 Å². The van der Waals surface area contributed by atoms with Crippen LogP contribution in [0.2, 0.25) is 5.02 Å². The number of rotatable bonds is 3. The number of hydrogen-bond donors (Lipinski definition) is 1. The van der Waals surface area contributed by atoms with Crippen LogP contribution >= 0.6 is 11.6 Å². The minimum absolute atomic E-state index is 0.279. The summed E-state index contributed by atoms with van der Waals surface area (Å²) < 4.78 is 0. The molecule has 4 heteroatoms. The molecule has 1 saturated carbocycles. The molecule has 1 aromatic carbocycles. The van der Waals surface area contributed by atoms with E-state index in [1.807, 2.05) is 0 Å². The highest BCUT2D eigenvalue weighted by Gasteiger charge is 2.50. The van der Waals surface area contributed by atoms with Crippen molar-refractivity contribution >= 4 is 23.7 Å². The zero-order valence-electron chi connectivity index (χ0n) is 12.3. The second-order valence-corrected chi connectivity index (χ2v) is 6.83. The average Bonchev–Trinajstić information content (AvgIpc) is 2.47. The monoisotopic (exact) mass is 302 g/mol. The highest BCUT2D eigenvalue weighted by molar-refractivity contribution is 6.33. The van der Waals surface area contributed by atoms with E-state index in [-0.39, 0.29) is 5.91 Å². The number of amides is 1. The summed E-state index contributed by atoms with van der Waals surface area (Å²) in [7, 11) is 0. The number of carbonyl (C=O) groups excluding carboxylic acids is 1. The van der Waals surface area contributed by atoms with E-state index in [0.29, 0.717) is 21.9 Å². The number of fused-ring (bicyclic) bond motifs is 1. The zero-order valence-corrected chi connectivity index (χ0v) is 13.0. The Hall–Kier alpha value is -1.61. The molecule has 1 amide bonds. The van der Waals surface area contributed by atoms with E-state index in [4.69, 9.17) is 11.6 Å². The van der Waals surface area contributed by atoms with Crippen LogP contribution < -0.4 is 5.43 Å². The van der Waals surface area contributed by atoms with E-state index in [1.165, 1.54) is 12.0 Å². The summed E-state index contributed by atoms with van der Waals surface area (Å²) in [6.07, 6.45) is 6.39. The molecule has 0 spiro atoms. The summed E-state index contributed by atoms with van der Waals surface area (Å²) >= 11 is 5.99. The largest absolute Gasteiger partial charge is 0.272 e. The maximum absolute atomic E-state index is 12.0. The van der Waals surface area contributed by atoms with Gasteiger partial charge in [0.25, 0.3) is 5.91 Å². The third-order valence-corrected chi connectivity index (χ3v) is 5.34. The first-order chi connectivity index (χ1) is 10.00. The summed E-state index contributed by atoms with van der Waals surface area (Å²) in [5.74, 6) is 1.09. The van der Waals surface area contributed by atoms with Gasteiger partial charge in [0.05, 0.1) is 16.8 Å². The fourth-order valence-electron chi connectivity index (χ4n) is 3.42. The maximum Gasteiger partial charge on any atom is 0.272 e. The van der Waals surface area contributed by atoms with Gasteiger partial charge in [-0.15, -0.1) is 0 Å². The van der Waals surface area contributed by atoms with Crippen LogP contribution in [-0.4, -0.2) is 12.1 Å². The number of carbonyl (C=O) groups is 1. The smallest absolute Gasteiger partial charge is 0.267 e. The molecule has 0 radical (unpaired) electrons. The van der Waals surface area contributed by atoms with Crippen molar-refractivity contribution in [2.24, 2.45) is 22.4 Å². The molecule has 1 fully saturated rings. The molecule has 0 saturated heterocycles. The lowest BCUT2D eigenvalue weighted by Crippen LogP contribution is -2.48. The Morgan fingerprint density at radius 2 is 2.19 bits per heavy atom. The Kier molecular flexibility index (Phi) is 3.62. The van der Waals surface area contributed by atoms with Gasteiger partial charge in [0.2, 0.25) is 0 Å². The first kappa shape index (κ1) is 14.3. The molecule has 3 aliphatic rings. The third-order valence-electron chi connectivity index (χ3n) is 5.01. The molecule has 3 nitrogen and oxygen atoms in total. The number of nitrogens with zero attached hydrogens (tertiary/aromatic N) is 1. The molecular weight excluding hydrogens is 284 g/mol. The average molecular weight is 303 g/mol. The Morgan fingerprint density at radius 3 is 2.86 bits per heavy atom. The predicted molar refractivity (Wildman–Crippen MR) is 85.5 cm³/mol. The predicted octanol–water partition coefficient (Wildman–Crippen LogP) is 4.05. The standard InChI is InChI=1S/C17H19ClN2O/c1-17(2)12-8-7-11(14(17)9-12)10-19-20-16(21)13-5-3-4-6-15(13)18/h3-7,10,12,14H,8-9H2,1-2H3,(H,20,21)/b19-10-/t12-,14-/m0/s1. The van der Waals surface area contributed by atoms with Gasteiger partial charge in [-0.1, -0.05) is 43.7 Å². The molecule has 0 unspecified atom stereocenters. The number of benzene rings is 1. The molecule has 21 heavy (non-hydrogen) atoms. The van der Waals surface area contributed by atoms with Crippen LogP contribution in [0.25, 0.3) is 0 Å². The molecule has 0 heterocycles. The Balaban J connectivity index is 1.65. The summed E-state index contributed by atoms with van der Waals surface area (Å²) in [4.78, 5) is 12.0. The Morgan fingerprint density at radius 1 is 1.43 bits per heavy atom. The normalized spacial score (nSPS) is 26.1. The molecule has 0 aromatic heterocycles. The quantitative estimate of drug-likeness (QED) is 0.664. The molecule has 4 rings (SSSR count). The Labute approximate surface area is 130 Å². The van der Waals surface area contributed by atoms with Gasteiger partial charge >= 0.3 is 0 Å². The van der Waals surface area contributed by atoms with Crippen molar-refractivity contribution in [3.8, 4) is 0 Å². The van der Waals surface area contributed by atoms with Crippen molar-refractivity contribution in [2.75, 3.05) is 0 Å². The number of halogens is 1. The number of hydrazone groups is 1. The number of nitrogens with one attached hydrogen (secondary N) is 1. The number of hydrogen-bond acceptors (Lipinski definition) is 2. The fraction of sp³-hybridized carbons (Fsp3) is 0.412. The van der Waals surface area contributed by atoms with Crippen LogP contribution in [0.15, 0.2) is 41.0 Å². The third kappa shape index (κ3) is 2.51. The van der Waals surface area contributed by atoms with Crippen molar-refractivity contribution in [2.45, 2.75) is 26.7 Å². The molecule has 2 bridgehead atoms. The fourth-order valence-corrected chi connectivity index (χ4v) is 3.64. The molecule has 1 aromatic rings. The Bertz CT molecular complexity index is 633. The maximum atomic E-state index is 12.0. The second kappa shape index (κ2) is 5.30. The van der Waals surface area contributed by atoms with Gasteiger partial charge in [0.15, 0.2) is 0 Å². The SMILES string of the molecule is CC1(C)[C@H]2CC=C(/C=N\NC(=O)c3ccccc3Cl)[C@@H]1C2. The van der Waals surface area contributed by atoms with Crippen LogP contribution in [0.1, 0.15) is 37.0 Å². The second-order valence-electron chi connectivity index (χ2n) is 6.43. The van der Waals surface area contributed by atoms with E-state index in [1.54, 1.807) is 30.5 Å². The lowest BCUT2D eigenvalue weighted by molar-refractivity contribution is -0.00126.